The van der Waals surface area contributed by atoms with Crippen molar-refractivity contribution in [3.05, 3.63) is 60.1 Å². The van der Waals surface area contributed by atoms with Crippen molar-refractivity contribution in [1.82, 2.24) is 34.8 Å². The Balaban J connectivity index is 1.12. The normalized spacial score (nSPS) is 18.8. The number of aromatic nitrogens is 3. The summed E-state index contributed by atoms with van der Waals surface area (Å²) in [7, 11) is 0. The third-order valence-corrected chi connectivity index (χ3v) is 9.03. The lowest BCUT2D eigenvalue weighted by Gasteiger charge is -2.50. The van der Waals surface area contributed by atoms with Crippen molar-refractivity contribution >= 4 is 35.0 Å². The first-order valence-corrected chi connectivity index (χ1v) is 15.3. The molecule has 0 radical (unpaired) electrons. The predicted molar refractivity (Wildman–Crippen MR) is 160 cm³/mol. The summed E-state index contributed by atoms with van der Waals surface area (Å²) in [6.07, 6.45) is 6.36. The minimum Gasteiger partial charge on any atom is -0.366 e. The van der Waals surface area contributed by atoms with Gasteiger partial charge in [0, 0.05) is 68.4 Å². The monoisotopic (exact) mass is 572 g/mol. The fourth-order valence-electron chi connectivity index (χ4n) is 5.89. The zero-order valence-electron chi connectivity index (χ0n) is 23.6. The van der Waals surface area contributed by atoms with Crippen LogP contribution in [-0.4, -0.2) is 100 Å². The fourth-order valence-corrected chi connectivity index (χ4v) is 6.35. The molecule has 214 valence electrons. The van der Waals surface area contributed by atoms with Crippen LogP contribution in [0.5, 0.6) is 0 Å². The zero-order valence-corrected chi connectivity index (χ0v) is 24.4. The molecule has 0 atom stereocenters. The summed E-state index contributed by atoms with van der Waals surface area (Å²) in [6, 6.07) is 15.0. The number of carbonyl (C=O) groups excluding carboxylic acids is 1. The summed E-state index contributed by atoms with van der Waals surface area (Å²) < 4.78 is 1.79. The number of nitriles is 1. The second-order valence-electron chi connectivity index (χ2n) is 10.9. The molecule has 12 heteroatoms. The van der Waals surface area contributed by atoms with Crippen molar-refractivity contribution in [3.8, 4) is 6.07 Å². The van der Waals surface area contributed by atoms with E-state index in [-0.39, 0.29) is 11.3 Å². The number of amides is 1. The fraction of sp³-hybridized carbons (Fsp3) is 0.448. The molecular formula is C29H36N10OS. The van der Waals surface area contributed by atoms with Gasteiger partial charge in [-0.05, 0) is 42.6 Å². The maximum absolute atomic E-state index is 12.8. The Morgan fingerprint density at radius 3 is 2.78 bits per heavy atom. The van der Waals surface area contributed by atoms with Crippen molar-refractivity contribution < 1.29 is 4.79 Å². The molecule has 3 aromatic rings. The Morgan fingerprint density at radius 2 is 2.02 bits per heavy atom. The quantitative estimate of drug-likeness (QED) is 0.371. The Bertz CT molecular complexity index is 1480. The summed E-state index contributed by atoms with van der Waals surface area (Å²) in [5.74, 6) is 0.634. The van der Waals surface area contributed by atoms with Gasteiger partial charge in [-0.25, -0.2) is 9.94 Å². The first kappa shape index (κ1) is 27.4. The molecule has 3 aliphatic heterocycles. The lowest BCUT2D eigenvalue weighted by Crippen LogP contribution is -2.59. The molecule has 5 heterocycles. The number of carbonyl (C=O) groups is 1. The minimum absolute atomic E-state index is 0.128. The lowest BCUT2D eigenvalue weighted by atomic mass is 9.71. The molecule has 0 aliphatic carbocycles. The largest absolute Gasteiger partial charge is 0.366 e. The van der Waals surface area contributed by atoms with Crippen LogP contribution in [0.2, 0.25) is 0 Å². The minimum atomic E-state index is -0.195. The molecule has 0 unspecified atom stereocenters. The Labute approximate surface area is 244 Å². The second kappa shape index (κ2) is 11.6. The van der Waals surface area contributed by atoms with E-state index in [1.807, 2.05) is 28.4 Å². The number of hydrogen-bond acceptors (Lipinski definition) is 10. The van der Waals surface area contributed by atoms with Gasteiger partial charge in [-0.15, -0.1) is 16.9 Å². The number of thioether (sulfide) groups is 1. The van der Waals surface area contributed by atoms with Gasteiger partial charge in [0.05, 0.1) is 24.0 Å². The third kappa shape index (κ3) is 5.57. The summed E-state index contributed by atoms with van der Waals surface area (Å²) >= 11 is 1.72. The SMILES string of the molecule is CCN1CCN(C(=O)CN2C=C(Nc3nc4c(N5CC(CC#N)(c6cccc(SC)c6)C5)cccn4n3)CN2)CC1. The van der Waals surface area contributed by atoms with Crippen LogP contribution in [-0.2, 0) is 10.2 Å². The van der Waals surface area contributed by atoms with E-state index in [0.717, 1.165) is 62.8 Å². The number of hydrazine groups is 1. The van der Waals surface area contributed by atoms with Gasteiger partial charge in [0.15, 0.2) is 5.65 Å². The molecule has 0 bridgehead atoms. The summed E-state index contributed by atoms with van der Waals surface area (Å²) in [5.41, 5.74) is 6.95. The molecule has 41 heavy (non-hydrogen) atoms. The van der Waals surface area contributed by atoms with Gasteiger partial charge in [-0.3, -0.25) is 4.79 Å². The molecule has 2 aromatic heterocycles. The van der Waals surface area contributed by atoms with E-state index in [1.54, 1.807) is 16.3 Å². The highest BCUT2D eigenvalue weighted by Gasteiger charge is 2.45. The maximum atomic E-state index is 12.8. The Kier molecular flexibility index (Phi) is 7.75. The van der Waals surface area contributed by atoms with Crippen molar-refractivity contribution in [2.75, 3.05) is 75.4 Å². The van der Waals surface area contributed by atoms with Crippen molar-refractivity contribution in [1.29, 1.82) is 5.26 Å². The Morgan fingerprint density at radius 1 is 1.20 bits per heavy atom. The third-order valence-electron chi connectivity index (χ3n) is 8.30. The number of fused-ring (bicyclic) bond motifs is 1. The average molecular weight is 573 g/mol. The second-order valence-corrected chi connectivity index (χ2v) is 11.7. The summed E-state index contributed by atoms with van der Waals surface area (Å²) in [4.78, 5) is 25.4. The first-order valence-electron chi connectivity index (χ1n) is 14.1. The van der Waals surface area contributed by atoms with Gasteiger partial charge in [-0.2, -0.15) is 10.2 Å². The highest BCUT2D eigenvalue weighted by molar-refractivity contribution is 7.98. The summed E-state index contributed by atoms with van der Waals surface area (Å²) in [6.45, 7) is 8.96. The molecule has 2 N–H and O–H groups in total. The van der Waals surface area contributed by atoms with Gasteiger partial charge in [0.1, 0.15) is 6.54 Å². The van der Waals surface area contributed by atoms with Crippen molar-refractivity contribution in [2.45, 2.75) is 23.7 Å². The number of rotatable bonds is 9. The molecule has 0 spiro atoms. The van der Waals surface area contributed by atoms with Crippen molar-refractivity contribution in [3.63, 3.8) is 0 Å². The van der Waals surface area contributed by atoms with E-state index in [1.165, 1.54) is 10.5 Å². The van der Waals surface area contributed by atoms with Crippen LogP contribution in [0, 0.1) is 11.3 Å². The summed E-state index contributed by atoms with van der Waals surface area (Å²) in [5, 5.41) is 19.4. The van der Waals surface area contributed by atoms with E-state index in [4.69, 9.17) is 4.98 Å². The van der Waals surface area contributed by atoms with Crippen LogP contribution in [0.15, 0.2) is 59.4 Å². The number of nitrogens with zero attached hydrogens (tertiary/aromatic N) is 8. The molecule has 1 amide bonds. The molecule has 2 saturated heterocycles. The number of nitrogens with one attached hydrogen (secondary N) is 2. The van der Waals surface area contributed by atoms with Crippen LogP contribution in [0.3, 0.4) is 0 Å². The first-order chi connectivity index (χ1) is 20.0. The molecular weight excluding hydrogens is 536 g/mol. The van der Waals surface area contributed by atoms with E-state index in [9.17, 15) is 10.1 Å². The predicted octanol–water partition coefficient (Wildman–Crippen LogP) is 2.36. The number of likely N-dealkylation sites (N-methyl/N-ethyl adjacent to an activating group) is 1. The lowest BCUT2D eigenvalue weighted by molar-refractivity contribution is -0.134. The number of benzene rings is 1. The van der Waals surface area contributed by atoms with Crippen LogP contribution >= 0.6 is 11.8 Å². The average Bonchev–Trinajstić information content (AvgIpc) is 3.61. The molecule has 6 rings (SSSR count). The molecule has 2 fully saturated rings. The zero-order chi connectivity index (χ0) is 28.4. The van der Waals surface area contributed by atoms with Gasteiger partial charge >= 0.3 is 0 Å². The molecule has 0 saturated carbocycles. The van der Waals surface area contributed by atoms with E-state index >= 15 is 0 Å². The molecule has 3 aliphatic rings. The van der Waals surface area contributed by atoms with Gasteiger partial charge in [0.2, 0.25) is 11.9 Å². The van der Waals surface area contributed by atoms with Gasteiger partial charge in [-0.1, -0.05) is 19.1 Å². The van der Waals surface area contributed by atoms with Crippen LogP contribution < -0.4 is 15.6 Å². The number of hydrogen-bond donors (Lipinski definition) is 2. The van der Waals surface area contributed by atoms with Crippen LogP contribution in [0.25, 0.3) is 5.65 Å². The molecule has 1 aromatic carbocycles. The number of anilines is 2. The topological polar surface area (TPSA) is 108 Å². The smallest absolute Gasteiger partial charge is 0.247 e. The highest BCUT2D eigenvalue weighted by Crippen LogP contribution is 2.42. The van der Waals surface area contributed by atoms with Crippen LogP contribution in [0.4, 0.5) is 11.6 Å². The molecule has 11 nitrogen and oxygen atoms in total. The van der Waals surface area contributed by atoms with Crippen molar-refractivity contribution in [2.24, 2.45) is 0 Å². The van der Waals surface area contributed by atoms with Crippen LogP contribution in [0.1, 0.15) is 18.9 Å². The maximum Gasteiger partial charge on any atom is 0.247 e. The van der Waals surface area contributed by atoms with Gasteiger partial charge in [0.25, 0.3) is 0 Å². The van der Waals surface area contributed by atoms with Gasteiger partial charge < -0.3 is 25.0 Å². The standard InChI is InChI=1S/C29H36N10OS/c1-3-35-12-14-36(15-13-35)26(40)19-38-18-23(17-31-38)32-28-33-27-25(8-5-11-39(27)34-28)37-20-29(21-37,9-10-30)22-6-4-7-24(16-22)41-2/h4-8,11,16,18,31H,3,9,12-15,17,19-21H2,1-2H3,(H,32,34). The number of piperazine rings is 1. The van der Waals surface area contributed by atoms with E-state index in [2.05, 4.69) is 75.2 Å². The van der Waals surface area contributed by atoms with E-state index in [0.29, 0.717) is 25.5 Å². The Hall–Kier alpha value is -3.79. The number of pyridine rings is 1. The van der Waals surface area contributed by atoms with E-state index < -0.39 is 0 Å². The highest BCUT2D eigenvalue weighted by atomic mass is 32.2.